The van der Waals surface area contributed by atoms with Gasteiger partial charge in [0.25, 0.3) is 5.56 Å². The summed E-state index contributed by atoms with van der Waals surface area (Å²) in [6.07, 6.45) is 1.81. The van der Waals surface area contributed by atoms with Crippen molar-refractivity contribution in [3.63, 3.8) is 0 Å². The average Bonchev–Trinajstić information content (AvgIpc) is 2.85. The SMILES string of the molecule is CCC(C(=O)NC(CC(=O)O)C(=O)CNCc1c(F)cccc1F)n1ccnc(NCC(=[N-])C(C)=N)c1=O. The minimum atomic E-state index is -1.48. The second kappa shape index (κ2) is 13.8. The van der Waals surface area contributed by atoms with Crippen molar-refractivity contribution in [2.75, 3.05) is 18.4 Å². The molecule has 1 amide bonds. The minimum absolute atomic E-state index is 0.0883. The van der Waals surface area contributed by atoms with Gasteiger partial charge < -0.3 is 31.9 Å². The van der Waals surface area contributed by atoms with E-state index >= 15 is 0 Å². The molecule has 204 valence electrons. The van der Waals surface area contributed by atoms with Gasteiger partial charge >= 0.3 is 5.97 Å². The molecular formula is C24H28F2N7O5-. The second-order valence-electron chi connectivity index (χ2n) is 8.27. The molecule has 0 saturated carbocycles. The van der Waals surface area contributed by atoms with E-state index in [-0.39, 0.29) is 42.3 Å². The van der Waals surface area contributed by atoms with E-state index in [9.17, 15) is 38.5 Å². The van der Waals surface area contributed by atoms with Crippen LogP contribution in [-0.2, 0) is 20.9 Å². The lowest BCUT2D eigenvalue weighted by molar-refractivity contribution is -0.140. The molecule has 0 aliphatic carbocycles. The summed E-state index contributed by atoms with van der Waals surface area (Å²) in [6, 6.07) is 0.673. The third kappa shape index (κ3) is 8.09. The first-order valence-electron chi connectivity index (χ1n) is 11.6. The van der Waals surface area contributed by atoms with E-state index in [0.717, 1.165) is 16.7 Å². The number of ketones is 1. The van der Waals surface area contributed by atoms with Crippen molar-refractivity contribution in [3.05, 3.63) is 63.6 Å². The van der Waals surface area contributed by atoms with Gasteiger partial charge in [0.2, 0.25) is 5.91 Å². The van der Waals surface area contributed by atoms with Crippen LogP contribution in [0.25, 0.3) is 5.41 Å². The molecule has 0 aliphatic rings. The van der Waals surface area contributed by atoms with E-state index in [1.807, 2.05) is 0 Å². The molecule has 5 N–H and O–H groups in total. The maximum absolute atomic E-state index is 13.8. The van der Waals surface area contributed by atoms with Crippen LogP contribution in [0.15, 0.2) is 35.4 Å². The van der Waals surface area contributed by atoms with E-state index in [4.69, 9.17) is 5.41 Å². The number of anilines is 1. The first kappa shape index (κ1) is 29.9. The van der Waals surface area contributed by atoms with Gasteiger partial charge in [-0.3, -0.25) is 23.7 Å². The molecule has 1 heterocycles. The van der Waals surface area contributed by atoms with Gasteiger partial charge in [-0.15, -0.1) is 5.71 Å². The maximum atomic E-state index is 13.8. The zero-order valence-corrected chi connectivity index (χ0v) is 20.8. The van der Waals surface area contributed by atoms with Gasteiger partial charge in [-0.2, -0.15) is 0 Å². The van der Waals surface area contributed by atoms with E-state index in [2.05, 4.69) is 20.9 Å². The number of rotatable bonds is 15. The van der Waals surface area contributed by atoms with Gasteiger partial charge in [-0.05, 0) is 25.5 Å². The number of carboxylic acids is 1. The average molecular weight is 533 g/mol. The van der Waals surface area contributed by atoms with Crippen molar-refractivity contribution < 1.29 is 28.3 Å². The van der Waals surface area contributed by atoms with Crippen molar-refractivity contribution in [2.24, 2.45) is 0 Å². The van der Waals surface area contributed by atoms with Crippen LogP contribution in [0.1, 0.15) is 38.3 Å². The quantitative estimate of drug-likeness (QED) is 0.212. The molecule has 2 atom stereocenters. The number of benzene rings is 1. The third-order valence-electron chi connectivity index (χ3n) is 5.50. The summed E-state index contributed by atoms with van der Waals surface area (Å²) in [5.41, 5.74) is -1.44. The van der Waals surface area contributed by atoms with E-state index in [0.29, 0.717) is 0 Å². The Morgan fingerprint density at radius 3 is 2.45 bits per heavy atom. The highest BCUT2D eigenvalue weighted by molar-refractivity contribution is 6.42. The number of carbonyl (C=O) groups excluding carboxylic acids is 2. The molecule has 0 fully saturated rings. The number of hydrogen-bond donors (Lipinski definition) is 5. The molecule has 0 aliphatic heterocycles. The lowest BCUT2D eigenvalue weighted by Crippen LogP contribution is -2.48. The topological polar surface area (TPSA) is 189 Å². The summed E-state index contributed by atoms with van der Waals surface area (Å²) in [6.45, 7) is 1.87. The first-order valence-corrected chi connectivity index (χ1v) is 11.6. The molecule has 14 heteroatoms. The maximum Gasteiger partial charge on any atom is 0.305 e. The van der Waals surface area contributed by atoms with Gasteiger partial charge in [0.05, 0.1) is 19.0 Å². The highest BCUT2D eigenvalue weighted by atomic mass is 19.1. The standard InChI is InChI=1S/C24H28F2N7O5/c1-3-19(33-8-7-30-22(24(33)38)31-11-17(28)13(2)27)23(37)32-18(9-21(35)36)20(34)12-29-10-14-15(25)5-4-6-16(14)26/h4-8,18-19,27,29H,3,9-12H2,1-2H3,(H,30,31)(H,32,37)(H,35,36)/q-1. The fourth-order valence-electron chi connectivity index (χ4n) is 3.42. The van der Waals surface area contributed by atoms with Crippen LogP contribution in [0.5, 0.6) is 0 Å². The molecule has 0 radical (unpaired) electrons. The second-order valence-corrected chi connectivity index (χ2v) is 8.27. The summed E-state index contributed by atoms with van der Waals surface area (Å²) >= 11 is 0. The Morgan fingerprint density at radius 2 is 1.87 bits per heavy atom. The highest BCUT2D eigenvalue weighted by Crippen LogP contribution is 2.13. The van der Waals surface area contributed by atoms with Crippen molar-refractivity contribution in [3.8, 4) is 0 Å². The van der Waals surface area contributed by atoms with Crippen molar-refractivity contribution in [1.29, 1.82) is 5.41 Å². The van der Waals surface area contributed by atoms with Gasteiger partial charge in [0.15, 0.2) is 11.6 Å². The van der Waals surface area contributed by atoms with Crippen LogP contribution in [0.3, 0.4) is 0 Å². The number of nitrogens with zero attached hydrogens (tertiary/aromatic N) is 3. The van der Waals surface area contributed by atoms with Crippen LogP contribution in [-0.4, -0.2) is 62.9 Å². The van der Waals surface area contributed by atoms with Crippen molar-refractivity contribution in [1.82, 2.24) is 20.2 Å². The van der Waals surface area contributed by atoms with Crippen LogP contribution >= 0.6 is 0 Å². The van der Waals surface area contributed by atoms with Crippen molar-refractivity contribution in [2.45, 2.75) is 45.3 Å². The highest BCUT2D eigenvalue weighted by Gasteiger charge is 2.28. The fraction of sp³-hybridized carbons (Fsp3) is 0.375. The summed E-state index contributed by atoms with van der Waals surface area (Å²) in [5, 5.41) is 33.8. The molecule has 1 aromatic heterocycles. The molecule has 1 aromatic carbocycles. The Morgan fingerprint density at radius 1 is 1.21 bits per heavy atom. The summed E-state index contributed by atoms with van der Waals surface area (Å²) in [5.74, 6) is -4.76. The molecule has 2 unspecified atom stereocenters. The van der Waals surface area contributed by atoms with Gasteiger partial charge in [0, 0.05) is 36.8 Å². The molecule has 2 aromatic rings. The zero-order chi connectivity index (χ0) is 28.4. The molecule has 0 bridgehead atoms. The largest absolute Gasteiger partial charge is 0.805 e. The van der Waals surface area contributed by atoms with Crippen LogP contribution in [0.4, 0.5) is 14.6 Å². The number of amides is 1. The van der Waals surface area contributed by atoms with Crippen LogP contribution < -0.4 is 21.5 Å². The molecule has 0 saturated heterocycles. The Kier molecular flexibility index (Phi) is 10.9. The van der Waals surface area contributed by atoms with E-state index < -0.39 is 59.9 Å². The van der Waals surface area contributed by atoms with Crippen LogP contribution in [0.2, 0.25) is 0 Å². The third-order valence-corrected chi connectivity index (χ3v) is 5.50. The Bertz CT molecular complexity index is 1260. The Hall–Kier alpha value is -4.33. The number of halogens is 2. The number of aliphatic carboxylic acids is 1. The summed E-state index contributed by atoms with van der Waals surface area (Å²) in [7, 11) is 0. The summed E-state index contributed by atoms with van der Waals surface area (Å²) < 4.78 is 28.6. The van der Waals surface area contributed by atoms with Gasteiger partial charge in [-0.25, -0.2) is 13.8 Å². The molecule has 0 spiro atoms. The predicted octanol–water partition coefficient (Wildman–Crippen LogP) is 1.25. The molecule has 38 heavy (non-hydrogen) atoms. The number of aromatic nitrogens is 2. The number of carboxylic acid groups (broad SMARTS) is 1. The molecule has 2 rings (SSSR count). The summed E-state index contributed by atoms with van der Waals surface area (Å²) in [4.78, 5) is 53.8. The Balaban J connectivity index is 2.14. The van der Waals surface area contributed by atoms with Gasteiger partial charge in [-0.1, -0.05) is 13.0 Å². The number of nitrogens with one attached hydrogen (secondary N) is 4. The smallest absolute Gasteiger partial charge is 0.305 e. The molecular weight excluding hydrogens is 504 g/mol. The Labute approximate surface area is 216 Å². The molecule has 12 nitrogen and oxygen atoms in total. The lowest BCUT2D eigenvalue weighted by atomic mass is 10.1. The fourth-order valence-corrected chi connectivity index (χ4v) is 3.42. The van der Waals surface area contributed by atoms with E-state index in [1.54, 1.807) is 6.92 Å². The lowest BCUT2D eigenvalue weighted by Gasteiger charge is -2.22. The number of hydrogen-bond acceptors (Lipinski definition) is 8. The van der Waals surface area contributed by atoms with Crippen LogP contribution in [0, 0.1) is 17.0 Å². The number of Topliss-reactive ketones (excluding diaryl/α,β-unsaturated/α-hetero) is 1. The normalized spacial score (nSPS) is 12.3. The van der Waals surface area contributed by atoms with Crippen molar-refractivity contribution >= 4 is 34.9 Å². The zero-order valence-electron chi connectivity index (χ0n) is 20.8. The number of carbonyl (C=O) groups is 3. The van der Waals surface area contributed by atoms with Gasteiger partial charge in [0.1, 0.15) is 17.7 Å². The van der Waals surface area contributed by atoms with E-state index in [1.165, 1.54) is 25.4 Å². The minimum Gasteiger partial charge on any atom is -0.805 e. The predicted molar refractivity (Wildman–Crippen MR) is 135 cm³/mol. The first-order chi connectivity index (χ1) is 18.0. The monoisotopic (exact) mass is 532 g/mol.